The topological polar surface area (TPSA) is 121 Å². The number of aliphatic hydroxyl groups is 2. The Morgan fingerprint density at radius 2 is 1.41 bits per heavy atom. The Balaban J connectivity index is -0.000000279. The van der Waals surface area contributed by atoms with Crippen LogP contribution in [0.5, 0.6) is 0 Å². The van der Waals surface area contributed by atoms with Crippen LogP contribution >= 0.6 is 0 Å². The van der Waals surface area contributed by atoms with Crippen LogP contribution in [0.1, 0.15) is 104 Å². The predicted octanol–water partition coefficient (Wildman–Crippen LogP) is -3.25. The van der Waals surface area contributed by atoms with Gasteiger partial charge >= 0.3 is 59.1 Å². The average Bonchev–Trinajstić information content (AvgIpc) is 2.69. The first-order valence-electron chi connectivity index (χ1n) is 11.7. The second-order valence-electron chi connectivity index (χ2n) is 7.90. The molecular formula is C24H44Na2O6. The van der Waals surface area contributed by atoms with Crippen molar-refractivity contribution in [2.45, 2.75) is 110 Å². The smallest absolute Gasteiger partial charge is 0.550 e. The van der Waals surface area contributed by atoms with Gasteiger partial charge in [-0.15, -0.1) is 0 Å². The molecule has 0 bridgehead atoms. The summed E-state index contributed by atoms with van der Waals surface area (Å²) in [6, 6.07) is 0. The predicted molar refractivity (Wildman–Crippen MR) is 116 cm³/mol. The third-order valence-corrected chi connectivity index (χ3v) is 5.17. The van der Waals surface area contributed by atoms with Gasteiger partial charge in [0.1, 0.15) is 0 Å². The van der Waals surface area contributed by atoms with Crippen LogP contribution < -0.4 is 69.3 Å². The number of carbonyl (C=O) groups excluding carboxylic acids is 2. The summed E-state index contributed by atoms with van der Waals surface area (Å²) >= 11 is 0. The van der Waals surface area contributed by atoms with Gasteiger partial charge in [-0.3, -0.25) is 0 Å². The number of unbranched alkanes of at least 4 members (excludes halogenated alkanes) is 8. The molecule has 178 valence electrons. The number of carboxylic acids is 2. The summed E-state index contributed by atoms with van der Waals surface area (Å²) in [6.07, 6.45) is 15.5. The van der Waals surface area contributed by atoms with E-state index in [0.29, 0.717) is 0 Å². The SMILES string of the molecule is CCCC(O)C(CC)CO.CCCCCCCCCCC=CC(CC(=O)[O-])C(=O)[O-].[Na+].[Na+]. The molecule has 3 atom stereocenters. The molecule has 0 aromatic heterocycles. The van der Waals surface area contributed by atoms with Crippen LogP contribution in [0.3, 0.4) is 0 Å². The summed E-state index contributed by atoms with van der Waals surface area (Å²) in [5, 5.41) is 39.1. The van der Waals surface area contributed by atoms with E-state index in [9.17, 15) is 24.9 Å². The first-order chi connectivity index (χ1) is 14.3. The number of rotatable bonds is 18. The van der Waals surface area contributed by atoms with E-state index >= 15 is 0 Å². The summed E-state index contributed by atoms with van der Waals surface area (Å²) in [6.45, 7) is 6.33. The van der Waals surface area contributed by atoms with Gasteiger partial charge in [0.15, 0.2) is 0 Å². The Morgan fingerprint density at radius 1 is 0.875 bits per heavy atom. The summed E-state index contributed by atoms with van der Waals surface area (Å²) in [4.78, 5) is 21.0. The van der Waals surface area contributed by atoms with Gasteiger partial charge in [-0.1, -0.05) is 84.3 Å². The Hall–Kier alpha value is 0.600. The van der Waals surface area contributed by atoms with Gasteiger partial charge in [0.2, 0.25) is 0 Å². The third kappa shape index (κ3) is 26.8. The van der Waals surface area contributed by atoms with Crippen molar-refractivity contribution < 1.29 is 89.1 Å². The maximum Gasteiger partial charge on any atom is 1.00 e. The minimum absolute atomic E-state index is 0. The molecule has 0 fully saturated rings. The van der Waals surface area contributed by atoms with E-state index < -0.39 is 24.3 Å². The van der Waals surface area contributed by atoms with Gasteiger partial charge in [0, 0.05) is 30.4 Å². The van der Waals surface area contributed by atoms with E-state index in [-0.39, 0.29) is 77.7 Å². The monoisotopic (exact) mass is 474 g/mol. The average molecular weight is 475 g/mol. The van der Waals surface area contributed by atoms with Crippen molar-refractivity contribution in [3.8, 4) is 0 Å². The molecule has 0 heterocycles. The van der Waals surface area contributed by atoms with Crippen molar-refractivity contribution in [1.29, 1.82) is 0 Å². The molecule has 0 aromatic carbocycles. The number of hydrogen-bond acceptors (Lipinski definition) is 6. The Bertz CT molecular complexity index is 442. The standard InChI is InChI=1S/C16H28O4.C8H18O2.2Na/c1-2-3-4-5-6-7-8-9-10-11-12-14(16(19)20)13-15(17)18;1-3-5-8(10)7(4-2)6-9;;/h11-12,14H,2-10,13H2,1H3,(H,17,18)(H,19,20);7-10H,3-6H2,1-2H3;;/q;;2*+1/p-2. The minimum atomic E-state index is -1.36. The van der Waals surface area contributed by atoms with Gasteiger partial charge in [-0.25, -0.2) is 0 Å². The number of aliphatic hydroxyl groups excluding tert-OH is 2. The molecule has 0 aliphatic heterocycles. The second kappa shape index (κ2) is 29.6. The molecule has 3 unspecified atom stereocenters. The fourth-order valence-electron chi connectivity index (χ4n) is 3.12. The van der Waals surface area contributed by atoms with E-state index in [2.05, 4.69) is 6.92 Å². The molecule has 0 aliphatic carbocycles. The van der Waals surface area contributed by atoms with Crippen molar-refractivity contribution >= 4 is 11.9 Å². The van der Waals surface area contributed by atoms with Crippen molar-refractivity contribution in [3.63, 3.8) is 0 Å². The van der Waals surface area contributed by atoms with Gasteiger partial charge in [0.25, 0.3) is 0 Å². The van der Waals surface area contributed by atoms with Crippen LogP contribution in [-0.4, -0.2) is 34.9 Å². The normalized spacial score (nSPS) is 13.2. The van der Waals surface area contributed by atoms with Gasteiger partial charge in [-0.05, 0) is 32.1 Å². The van der Waals surface area contributed by atoms with E-state index in [1.54, 1.807) is 6.08 Å². The summed E-state index contributed by atoms with van der Waals surface area (Å²) in [5.41, 5.74) is 0. The molecule has 8 heteroatoms. The first-order valence-corrected chi connectivity index (χ1v) is 11.7. The van der Waals surface area contributed by atoms with Crippen LogP contribution in [0, 0.1) is 11.8 Å². The molecule has 0 saturated carbocycles. The van der Waals surface area contributed by atoms with E-state index in [1.807, 2.05) is 13.8 Å². The Morgan fingerprint density at radius 3 is 1.81 bits per heavy atom. The number of hydrogen-bond donors (Lipinski definition) is 2. The maximum absolute atomic E-state index is 10.7. The molecule has 6 nitrogen and oxygen atoms in total. The van der Waals surface area contributed by atoms with E-state index in [4.69, 9.17) is 5.11 Å². The zero-order chi connectivity index (χ0) is 23.2. The number of allylic oxidation sites excluding steroid dienone is 1. The summed E-state index contributed by atoms with van der Waals surface area (Å²) < 4.78 is 0. The summed E-state index contributed by atoms with van der Waals surface area (Å²) in [5.74, 6) is -3.72. The fourth-order valence-corrected chi connectivity index (χ4v) is 3.12. The van der Waals surface area contributed by atoms with Crippen LogP contribution in [-0.2, 0) is 9.59 Å². The molecule has 32 heavy (non-hydrogen) atoms. The van der Waals surface area contributed by atoms with Gasteiger partial charge < -0.3 is 30.0 Å². The van der Waals surface area contributed by atoms with Crippen LogP contribution in [0.4, 0.5) is 0 Å². The zero-order valence-corrected chi connectivity index (χ0v) is 25.3. The largest absolute Gasteiger partial charge is 1.00 e. The number of carboxylic acid groups (broad SMARTS) is 2. The molecule has 2 N–H and O–H groups in total. The number of carbonyl (C=O) groups is 2. The minimum Gasteiger partial charge on any atom is -0.550 e. The van der Waals surface area contributed by atoms with Crippen molar-refractivity contribution in [1.82, 2.24) is 0 Å². The van der Waals surface area contributed by atoms with Crippen molar-refractivity contribution in [2.24, 2.45) is 11.8 Å². The maximum atomic E-state index is 10.7. The molecule has 0 radical (unpaired) electrons. The van der Waals surface area contributed by atoms with Gasteiger partial charge in [-0.2, -0.15) is 0 Å². The number of aliphatic carboxylic acids is 2. The molecule has 0 aliphatic rings. The van der Waals surface area contributed by atoms with Crippen molar-refractivity contribution in [3.05, 3.63) is 12.2 Å². The fraction of sp³-hybridized carbons (Fsp3) is 0.833. The quantitative estimate of drug-likeness (QED) is 0.122. The van der Waals surface area contributed by atoms with Crippen LogP contribution in [0.2, 0.25) is 0 Å². The Kier molecular flexibility index (Phi) is 36.9. The molecule has 0 spiro atoms. The first kappa shape index (κ1) is 39.8. The zero-order valence-electron chi connectivity index (χ0n) is 21.3. The molecule has 0 aromatic rings. The third-order valence-electron chi connectivity index (χ3n) is 5.17. The summed E-state index contributed by atoms with van der Waals surface area (Å²) in [7, 11) is 0. The van der Waals surface area contributed by atoms with E-state index in [1.165, 1.54) is 44.6 Å². The molecule has 0 rings (SSSR count). The van der Waals surface area contributed by atoms with E-state index in [0.717, 1.165) is 38.5 Å². The molecular weight excluding hydrogens is 430 g/mol. The molecule has 0 amide bonds. The van der Waals surface area contributed by atoms with Crippen LogP contribution in [0.25, 0.3) is 0 Å². The Labute approximate surface area is 240 Å². The molecule has 0 saturated heterocycles. The second-order valence-corrected chi connectivity index (χ2v) is 7.90. The van der Waals surface area contributed by atoms with Crippen molar-refractivity contribution in [2.75, 3.05) is 6.61 Å². The van der Waals surface area contributed by atoms with Gasteiger partial charge in [0.05, 0.1) is 6.10 Å². The van der Waals surface area contributed by atoms with Crippen LogP contribution in [0.15, 0.2) is 12.2 Å².